The number of nitrogens with two attached hydrogens (primary N) is 1. The number of nitrogens with zero attached hydrogens (tertiary/aromatic N) is 2. The Balaban J connectivity index is 2.28. The molecule has 108 valence electrons. The largest absolute Gasteiger partial charge is 0.383 e. The number of piperazine rings is 1. The Morgan fingerprint density at radius 1 is 1.45 bits per heavy atom. The fraction of sp³-hybridized carbons (Fsp3) is 0.429. The van der Waals surface area contributed by atoms with Crippen LogP contribution in [0.15, 0.2) is 23.2 Å². The van der Waals surface area contributed by atoms with E-state index >= 15 is 0 Å². The molecule has 20 heavy (non-hydrogen) atoms. The molecule has 0 atom stereocenters. The van der Waals surface area contributed by atoms with E-state index in [2.05, 4.69) is 10.3 Å². The van der Waals surface area contributed by atoms with E-state index in [-0.39, 0.29) is 17.6 Å². The fourth-order valence-corrected chi connectivity index (χ4v) is 2.10. The van der Waals surface area contributed by atoms with Gasteiger partial charge in [0.15, 0.2) is 0 Å². The van der Waals surface area contributed by atoms with Gasteiger partial charge in [0.05, 0.1) is 5.69 Å². The molecule has 6 heteroatoms. The first-order valence-corrected chi connectivity index (χ1v) is 6.74. The number of anilines is 1. The maximum atomic E-state index is 13.9. The molecule has 2 rings (SSSR count). The maximum absolute atomic E-state index is 13.9. The van der Waals surface area contributed by atoms with Crippen LogP contribution in [-0.2, 0) is 4.79 Å². The summed E-state index contributed by atoms with van der Waals surface area (Å²) in [5.41, 5.74) is 6.87. The maximum Gasteiger partial charge on any atom is 0.247 e. The molecule has 0 unspecified atom stereocenters. The SMILES string of the molecule is CCC(=O)N=C(N)c1ccc(F)c(N2CCNCC2)c1. The fourth-order valence-electron chi connectivity index (χ4n) is 2.10. The topological polar surface area (TPSA) is 70.7 Å². The van der Waals surface area contributed by atoms with Crippen molar-refractivity contribution in [2.24, 2.45) is 10.7 Å². The Bertz CT molecular complexity index is 524. The molecule has 1 amide bonds. The standard InChI is InChI=1S/C14H19FN4O/c1-2-13(20)18-14(16)10-3-4-11(15)12(9-10)19-7-5-17-6-8-19/h3-4,9,17H,2,5-8H2,1H3,(H2,16,18,20). The van der Waals surface area contributed by atoms with Crippen LogP contribution in [0.3, 0.4) is 0 Å². The summed E-state index contributed by atoms with van der Waals surface area (Å²) in [5, 5.41) is 3.22. The second-order valence-electron chi connectivity index (χ2n) is 4.65. The van der Waals surface area contributed by atoms with Gasteiger partial charge in [-0.1, -0.05) is 6.92 Å². The summed E-state index contributed by atoms with van der Waals surface area (Å²) in [6.45, 7) is 4.84. The van der Waals surface area contributed by atoms with Crippen LogP contribution in [0.4, 0.5) is 10.1 Å². The number of carbonyl (C=O) groups excluding carboxylic acids is 1. The summed E-state index contributed by atoms with van der Waals surface area (Å²) in [5.74, 6) is -0.436. The molecule has 3 N–H and O–H groups in total. The molecule has 5 nitrogen and oxygen atoms in total. The number of aliphatic imine (C=N–C) groups is 1. The molecule has 0 spiro atoms. The molecule has 1 aliphatic rings. The van der Waals surface area contributed by atoms with Gasteiger partial charge < -0.3 is 16.0 Å². The summed E-state index contributed by atoms with van der Waals surface area (Å²) in [7, 11) is 0. The van der Waals surface area contributed by atoms with Crippen molar-refractivity contribution >= 4 is 17.4 Å². The minimum Gasteiger partial charge on any atom is -0.383 e. The Morgan fingerprint density at radius 2 is 2.15 bits per heavy atom. The summed E-state index contributed by atoms with van der Waals surface area (Å²) >= 11 is 0. The predicted octanol–water partition coefficient (Wildman–Crippen LogP) is 0.877. The number of amidine groups is 1. The highest BCUT2D eigenvalue weighted by atomic mass is 19.1. The molecule has 0 bridgehead atoms. The minimum atomic E-state index is -0.287. The van der Waals surface area contributed by atoms with E-state index in [0.717, 1.165) is 26.2 Å². The smallest absolute Gasteiger partial charge is 0.247 e. The molecule has 1 saturated heterocycles. The highest BCUT2D eigenvalue weighted by Crippen LogP contribution is 2.21. The van der Waals surface area contributed by atoms with E-state index in [1.807, 2.05) is 4.90 Å². The van der Waals surface area contributed by atoms with Gasteiger partial charge in [0, 0.05) is 38.2 Å². The molecule has 0 radical (unpaired) electrons. The van der Waals surface area contributed by atoms with Crippen molar-refractivity contribution < 1.29 is 9.18 Å². The van der Waals surface area contributed by atoms with E-state index in [9.17, 15) is 9.18 Å². The van der Waals surface area contributed by atoms with Crippen molar-refractivity contribution in [3.63, 3.8) is 0 Å². The number of hydrogen-bond donors (Lipinski definition) is 2. The van der Waals surface area contributed by atoms with Gasteiger partial charge in [-0.15, -0.1) is 0 Å². The number of carbonyl (C=O) groups is 1. The lowest BCUT2D eigenvalue weighted by Crippen LogP contribution is -2.44. The molecule has 1 fully saturated rings. The highest BCUT2D eigenvalue weighted by Gasteiger charge is 2.15. The van der Waals surface area contributed by atoms with Crippen LogP contribution in [0.1, 0.15) is 18.9 Å². The number of nitrogens with one attached hydrogen (secondary N) is 1. The van der Waals surface area contributed by atoms with E-state index in [1.165, 1.54) is 6.07 Å². The van der Waals surface area contributed by atoms with E-state index in [0.29, 0.717) is 17.7 Å². The lowest BCUT2D eigenvalue weighted by molar-refractivity contribution is -0.117. The first kappa shape index (κ1) is 14.5. The molecular formula is C14H19FN4O. The van der Waals surface area contributed by atoms with Gasteiger partial charge in [0.25, 0.3) is 0 Å². The summed E-state index contributed by atoms with van der Waals surface area (Å²) in [4.78, 5) is 17.0. The van der Waals surface area contributed by atoms with E-state index in [4.69, 9.17) is 5.73 Å². The Labute approximate surface area is 117 Å². The molecular weight excluding hydrogens is 259 g/mol. The molecule has 0 saturated carbocycles. The van der Waals surface area contributed by atoms with Crippen molar-refractivity contribution in [1.29, 1.82) is 0 Å². The average Bonchev–Trinajstić information content (AvgIpc) is 2.48. The zero-order chi connectivity index (χ0) is 14.5. The number of hydrogen-bond acceptors (Lipinski definition) is 3. The average molecular weight is 278 g/mol. The second kappa shape index (κ2) is 6.47. The van der Waals surface area contributed by atoms with E-state index < -0.39 is 0 Å². The Kier molecular flexibility index (Phi) is 4.68. The van der Waals surface area contributed by atoms with E-state index in [1.54, 1.807) is 19.1 Å². The van der Waals surface area contributed by atoms with Crippen molar-refractivity contribution in [1.82, 2.24) is 5.32 Å². The van der Waals surface area contributed by atoms with Crippen LogP contribution in [0.5, 0.6) is 0 Å². The first-order chi connectivity index (χ1) is 9.61. The quantitative estimate of drug-likeness (QED) is 0.636. The zero-order valence-electron chi connectivity index (χ0n) is 11.5. The third-order valence-corrected chi connectivity index (χ3v) is 3.25. The monoisotopic (exact) mass is 278 g/mol. The van der Waals surface area contributed by atoms with Gasteiger partial charge in [0.1, 0.15) is 11.7 Å². The zero-order valence-corrected chi connectivity index (χ0v) is 11.5. The highest BCUT2D eigenvalue weighted by molar-refractivity contribution is 6.04. The molecule has 0 aliphatic carbocycles. The summed E-state index contributed by atoms with van der Waals surface area (Å²) in [6, 6.07) is 4.57. The first-order valence-electron chi connectivity index (χ1n) is 6.74. The molecule has 1 aromatic carbocycles. The number of halogens is 1. The van der Waals surface area contributed by atoms with Gasteiger partial charge in [-0.05, 0) is 18.2 Å². The van der Waals surface area contributed by atoms with Crippen LogP contribution in [0.25, 0.3) is 0 Å². The van der Waals surface area contributed by atoms with Gasteiger partial charge in [-0.2, -0.15) is 4.99 Å². The normalized spacial score (nSPS) is 16.3. The summed E-state index contributed by atoms with van der Waals surface area (Å²) in [6.07, 6.45) is 0.298. The molecule has 0 aromatic heterocycles. The van der Waals surface area contributed by atoms with Crippen LogP contribution in [0, 0.1) is 5.82 Å². The third kappa shape index (κ3) is 3.33. The predicted molar refractivity (Wildman–Crippen MR) is 77.5 cm³/mol. The lowest BCUT2D eigenvalue weighted by Gasteiger charge is -2.30. The number of benzene rings is 1. The Hall–Kier alpha value is -1.95. The number of amides is 1. The van der Waals surface area contributed by atoms with Crippen molar-refractivity contribution in [2.45, 2.75) is 13.3 Å². The number of rotatable bonds is 3. The van der Waals surface area contributed by atoms with Gasteiger partial charge in [-0.3, -0.25) is 4.79 Å². The Morgan fingerprint density at radius 3 is 2.80 bits per heavy atom. The third-order valence-electron chi connectivity index (χ3n) is 3.25. The summed E-state index contributed by atoms with van der Waals surface area (Å²) < 4.78 is 13.9. The van der Waals surface area contributed by atoms with Gasteiger partial charge in [0.2, 0.25) is 5.91 Å². The molecule has 1 aliphatic heterocycles. The van der Waals surface area contributed by atoms with Crippen LogP contribution in [-0.4, -0.2) is 37.9 Å². The van der Waals surface area contributed by atoms with Crippen molar-refractivity contribution in [3.8, 4) is 0 Å². The van der Waals surface area contributed by atoms with Gasteiger partial charge in [-0.25, -0.2) is 4.39 Å². The molecule has 1 aromatic rings. The minimum absolute atomic E-state index is 0.133. The van der Waals surface area contributed by atoms with Crippen LogP contribution >= 0.6 is 0 Å². The van der Waals surface area contributed by atoms with Crippen molar-refractivity contribution in [3.05, 3.63) is 29.6 Å². The van der Waals surface area contributed by atoms with Crippen molar-refractivity contribution in [2.75, 3.05) is 31.1 Å². The molecule has 1 heterocycles. The lowest BCUT2D eigenvalue weighted by atomic mass is 10.1. The van der Waals surface area contributed by atoms with Gasteiger partial charge >= 0.3 is 0 Å². The second-order valence-corrected chi connectivity index (χ2v) is 4.65. The van der Waals surface area contributed by atoms with Crippen LogP contribution < -0.4 is 16.0 Å². The van der Waals surface area contributed by atoms with Crippen LogP contribution in [0.2, 0.25) is 0 Å².